The number of aldehydes is 1. The van der Waals surface area contributed by atoms with Gasteiger partial charge in [-0.1, -0.05) is 42.5 Å². The highest BCUT2D eigenvalue weighted by Gasteiger charge is 2.16. The molecule has 0 saturated heterocycles. The Hall–Kier alpha value is -2.73. The summed E-state index contributed by atoms with van der Waals surface area (Å²) < 4.78 is 24.9. The molecule has 1 aromatic heterocycles. The second-order valence-corrected chi connectivity index (χ2v) is 7.08. The van der Waals surface area contributed by atoms with Crippen LogP contribution in [0.3, 0.4) is 0 Å². The van der Waals surface area contributed by atoms with Crippen LogP contribution in [0.15, 0.2) is 65.7 Å². The van der Waals surface area contributed by atoms with E-state index < -0.39 is 9.84 Å². The summed E-state index contributed by atoms with van der Waals surface area (Å²) in [5.41, 5.74) is 2.47. The van der Waals surface area contributed by atoms with Gasteiger partial charge in [-0.05, 0) is 17.7 Å². The van der Waals surface area contributed by atoms with E-state index in [4.69, 9.17) is 0 Å². The fraction of sp³-hybridized carbons (Fsp3) is 0.0588. The van der Waals surface area contributed by atoms with Gasteiger partial charge in [-0.25, -0.2) is 8.42 Å². The van der Waals surface area contributed by atoms with Gasteiger partial charge in [-0.2, -0.15) is 5.10 Å². The molecule has 0 unspecified atom stereocenters. The molecule has 0 atom stereocenters. The number of nitrogens with zero attached hydrogens (tertiary/aromatic N) is 1. The Bertz CT molecular complexity index is 914. The van der Waals surface area contributed by atoms with Crippen molar-refractivity contribution in [2.45, 2.75) is 10.6 Å². The minimum Gasteiger partial charge on any atom is -0.298 e. The van der Waals surface area contributed by atoms with Crippen molar-refractivity contribution in [3.8, 4) is 11.3 Å². The lowest BCUT2D eigenvalue weighted by molar-refractivity contribution is 0.112. The standard InChI is InChI=1S/C17H14N2O3S/c20-11-15-10-18-19-17(15)14-6-8-16(9-7-14)23(21,22)12-13-4-2-1-3-5-13/h1-11H,12H2,(H,18,19). The van der Waals surface area contributed by atoms with Crippen molar-refractivity contribution >= 4 is 16.1 Å². The number of H-pyrrole nitrogens is 1. The highest BCUT2D eigenvalue weighted by Crippen LogP contribution is 2.23. The number of sulfone groups is 1. The zero-order valence-electron chi connectivity index (χ0n) is 12.1. The Kier molecular flexibility index (Phi) is 4.08. The Balaban J connectivity index is 1.88. The maximum Gasteiger partial charge on any atom is 0.182 e. The predicted molar refractivity (Wildman–Crippen MR) is 86.7 cm³/mol. The molecule has 23 heavy (non-hydrogen) atoms. The van der Waals surface area contributed by atoms with Crippen molar-refractivity contribution in [1.82, 2.24) is 10.2 Å². The Morgan fingerprint density at radius 2 is 1.70 bits per heavy atom. The summed E-state index contributed by atoms with van der Waals surface area (Å²) in [5.74, 6) is -0.0448. The Labute approximate surface area is 133 Å². The van der Waals surface area contributed by atoms with Gasteiger partial charge in [0, 0.05) is 5.56 Å². The van der Waals surface area contributed by atoms with E-state index in [0.29, 0.717) is 23.1 Å². The van der Waals surface area contributed by atoms with E-state index in [9.17, 15) is 13.2 Å². The smallest absolute Gasteiger partial charge is 0.182 e. The fourth-order valence-corrected chi connectivity index (χ4v) is 3.67. The van der Waals surface area contributed by atoms with Crippen LogP contribution in [-0.4, -0.2) is 24.9 Å². The first-order valence-electron chi connectivity index (χ1n) is 6.96. The first-order valence-corrected chi connectivity index (χ1v) is 8.61. The molecule has 1 heterocycles. The van der Waals surface area contributed by atoms with Gasteiger partial charge in [0.25, 0.3) is 0 Å². The van der Waals surface area contributed by atoms with Gasteiger partial charge in [0.1, 0.15) is 0 Å². The van der Waals surface area contributed by atoms with E-state index in [2.05, 4.69) is 10.2 Å². The molecule has 2 aromatic carbocycles. The van der Waals surface area contributed by atoms with Crippen LogP contribution in [0, 0.1) is 0 Å². The molecular formula is C17H14N2O3S. The van der Waals surface area contributed by atoms with Gasteiger partial charge in [0.15, 0.2) is 16.1 Å². The number of hydrogen-bond acceptors (Lipinski definition) is 4. The highest BCUT2D eigenvalue weighted by atomic mass is 32.2. The monoisotopic (exact) mass is 326 g/mol. The van der Waals surface area contributed by atoms with Crippen LogP contribution in [0.25, 0.3) is 11.3 Å². The molecule has 3 aromatic rings. The molecular weight excluding hydrogens is 312 g/mol. The molecule has 5 nitrogen and oxygen atoms in total. The molecule has 0 aliphatic heterocycles. The van der Waals surface area contributed by atoms with Crippen LogP contribution in [-0.2, 0) is 15.6 Å². The summed E-state index contributed by atoms with van der Waals surface area (Å²) in [6.45, 7) is 0. The molecule has 0 aliphatic rings. The van der Waals surface area contributed by atoms with E-state index >= 15 is 0 Å². The molecule has 0 aliphatic carbocycles. The minimum absolute atomic E-state index is 0.0448. The molecule has 3 rings (SSSR count). The first-order chi connectivity index (χ1) is 11.1. The largest absolute Gasteiger partial charge is 0.298 e. The lowest BCUT2D eigenvalue weighted by Gasteiger charge is -2.06. The molecule has 1 N–H and O–H groups in total. The molecule has 0 fully saturated rings. The van der Waals surface area contributed by atoms with Crippen molar-refractivity contribution in [2.24, 2.45) is 0 Å². The predicted octanol–water partition coefficient (Wildman–Crippen LogP) is 2.86. The summed E-state index contributed by atoms with van der Waals surface area (Å²) in [4.78, 5) is 11.2. The summed E-state index contributed by atoms with van der Waals surface area (Å²) in [7, 11) is -3.41. The average molecular weight is 326 g/mol. The average Bonchev–Trinajstić information content (AvgIpc) is 3.04. The number of carbonyl (C=O) groups excluding carboxylic acids is 1. The first kappa shape index (κ1) is 15.2. The lowest BCUT2D eigenvalue weighted by Crippen LogP contribution is -2.04. The maximum atomic E-state index is 12.4. The van der Waals surface area contributed by atoms with Crippen LogP contribution in [0.2, 0.25) is 0 Å². The van der Waals surface area contributed by atoms with Crippen LogP contribution in [0.4, 0.5) is 0 Å². The van der Waals surface area contributed by atoms with Crippen LogP contribution < -0.4 is 0 Å². The van der Waals surface area contributed by atoms with Crippen LogP contribution in [0.1, 0.15) is 15.9 Å². The summed E-state index contributed by atoms with van der Waals surface area (Å²) in [6, 6.07) is 15.5. The van der Waals surface area contributed by atoms with Crippen LogP contribution >= 0.6 is 0 Å². The third-order valence-electron chi connectivity index (χ3n) is 3.50. The quantitative estimate of drug-likeness (QED) is 0.731. The third kappa shape index (κ3) is 3.22. The van der Waals surface area contributed by atoms with Crippen molar-refractivity contribution in [3.05, 3.63) is 71.9 Å². The topological polar surface area (TPSA) is 79.9 Å². The zero-order chi connectivity index (χ0) is 16.3. The summed E-state index contributed by atoms with van der Waals surface area (Å²) in [6.07, 6.45) is 2.14. The molecule has 0 amide bonds. The Morgan fingerprint density at radius 1 is 1.00 bits per heavy atom. The van der Waals surface area contributed by atoms with Crippen LogP contribution in [0.5, 0.6) is 0 Å². The maximum absolute atomic E-state index is 12.4. The molecule has 0 bridgehead atoms. The lowest BCUT2D eigenvalue weighted by atomic mass is 10.1. The SMILES string of the molecule is O=Cc1cn[nH]c1-c1ccc(S(=O)(=O)Cc2ccccc2)cc1. The summed E-state index contributed by atoms with van der Waals surface area (Å²) >= 11 is 0. The molecule has 0 spiro atoms. The number of carbonyl (C=O) groups is 1. The molecule has 0 radical (unpaired) electrons. The van der Waals surface area contributed by atoms with Crippen molar-refractivity contribution in [3.63, 3.8) is 0 Å². The summed E-state index contributed by atoms with van der Waals surface area (Å²) in [5, 5.41) is 6.56. The van der Waals surface area contributed by atoms with Crippen molar-refractivity contribution < 1.29 is 13.2 Å². The zero-order valence-corrected chi connectivity index (χ0v) is 13.0. The van der Waals surface area contributed by atoms with E-state index in [1.165, 1.54) is 6.20 Å². The number of benzene rings is 2. The van der Waals surface area contributed by atoms with E-state index in [1.807, 2.05) is 18.2 Å². The van der Waals surface area contributed by atoms with Crippen molar-refractivity contribution in [1.29, 1.82) is 0 Å². The van der Waals surface area contributed by atoms with Gasteiger partial charge in [-0.3, -0.25) is 9.89 Å². The molecule has 6 heteroatoms. The normalized spacial score (nSPS) is 11.3. The highest BCUT2D eigenvalue weighted by molar-refractivity contribution is 7.90. The number of aromatic amines is 1. The number of aromatic nitrogens is 2. The van der Waals surface area contributed by atoms with Gasteiger partial charge in [0.2, 0.25) is 0 Å². The molecule has 116 valence electrons. The second-order valence-electron chi connectivity index (χ2n) is 5.09. The molecule has 0 saturated carbocycles. The van der Waals surface area contributed by atoms with E-state index in [-0.39, 0.29) is 10.6 Å². The number of hydrogen-bond donors (Lipinski definition) is 1. The Morgan fingerprint density at radius 3 is 2.35 bits per heavy atom. The number of nitrogens with one attached hydrogen (secondary N) is 1. The number of rotatable bonds is 5. The van der Waals surface area contributed by atoms with Gasteiger partial charge in [0.05, 0.1) is 28.1 Å². The van der Waals surface area contributed by atoms with Crippen molar-refractivity contribution in [2.75, 3.05) is 0 Å². The third-order valence-corrected chi connectivity index (χ3v) is 5.20. The van der Waals surface area contributed by atoms with Gasteiger partial charge >= 0.3 is 0 Å². The second kappa shape index (κ2) is 6.18. The fourth-order valence-electron chi connectivity index (χ4n) is 2.32. The van der Waals surface area contributed by atoms with Gasteiger partial charge < -0.3 is 0 Å². The van der Waals surface area contributed by atoms with E-state index in [1.54, 1.807) is 36.4 Å². The minimum atomic E-state index is -3.41. The van der Waals surface area contributed by atoms with E-state index in [0.717, 1.165) is 5.56 Å². The van der Waals surface area contributed by atoms with Gasteiger partial charge in [-0.15, -0.1) is 0 Å².